The number of fused-ring (bicyclic) bond motifs is 1. The third kappa shape index (κ3) is 2.64. The van der Waals surface area contributed by atoms with E-state index in [0.29, 0.717) is 18.8 Å². The van der Waals surface area contributed by atoms with Gasteiger partial charge in [0.2, 0.25) is 5.91 Å². The molecule has 0 spiro atoms. The SMILES string of the molecule is CCN1CCO[C@H]2CCN(C(=O)C3CCOC3)C[C@@H]21. The zero-order valence-electron chi connectivity index (χ0n) is 11.7. The van der Waals surface area contributed by atoms with E-state index >= 15 is 0 Å². The summed E-state index contributed by atoms with van der Waals surface area (Å²) < 4.78 is 11.2. The standard InChI is InChI=1S/C14H24N2O3/c1-2-15-6-8-19-13-3-5-16(9-12(13)15)14(17)11-4-7-18-10-11/h11-13H,2-10H2,1H3/t11?,12-,13-/m0/s1. The molecule has 3 aliphatic rings. The molecule has 1 unspecified atom stereocenters. The van der Waals surface area contributed by atoms with E-state index < -0.39 is 0 Å². The van der Waals surface area contributed by atoms with Crippen LogP contribution in [0.3, 0.4) is 0 Å². The van der Waals surface area contributed by atoms with Gasteiger partial charge in [0.1, 0.15) is 0 Å². The van der Waals surface area contributed by atoms with Crippen LogP contribution in [0.15, 0.2) is 0 Å². The summed E-state index contributed by atoms with van der Waals surface area (Å²) in [6.45, 7) is 8.07. The molecule has 5 nitrogen and oxygen atoms in total. The summed E-state index contributed by atoms with van der Waals surface area (Å²) in [6.07, 6.45) is 2.18. The van der Waals surface area contributed by atoms with Crippen molar-refractivity contribution < 1.29 is 14.3 Å². The molecule has 0 aliphatic carbocycles. The van der Waals surface area contributed by atoms with Gasteiger partial charge in [-0.05, 0) is 19.4 Å². The van der Waals surface area contributed by atoms with Crippen molar-refractivity contribution in [3.05, 3.63) is 0 Å². The van der Waals surface area contributed by atoms with E-state index in [9.17, 15) is 4.79 Å². The number of likely N-dealkylation sites (tertiary alicyclic amines) is 1. The molecule has 0 aromatic heterocycles. The number of nitrogens with zero attached hydrogens (tertiary/aromatic N) is 2. The Hall–Kier alpha value is -0.650. The highest BCUT2D eigenvalue weighted by Crippen LogP contribution is 2.25. The molecular weight excluding hydrogens is 244 g/mol. The predicted octanol–water partition coefficient (Wildman–Crippen LogP) is 0.345. The van der Waals surface area contributed by atoms with E-state index in [2.05, 4.69) is 11.8 Å². The van der Waals surface area contributed by atoms with Crippen LogP contribution in [-0.2, 0) is 14.3 Å². The molecular formula is C14H24N2O3. The highest BCUT2D eigenvalue weighted by atomic mass is 16.5. The maximum absolute atomic E-state index is 12.5. The average molecular weight is 268 g/mol. The molecule has 3 rings (SSSR count). The number of ether oxygens (including phenoxy) is 2. The second kappa shape index (κ2) is 5.77. The van der Waals surface area contributed by atoms with Gasteiger partial charge in [0, 0.05) is 26.2 Å². The van der Waals surface area contributed by atoms with Gasteiger partial charge in [0.05, 0.1) is 31.3 Å². The second-order valence-corrected chi connectivity index (χ2v) is 5.74. The normalized spacial score (nSPS) is 36.3. The summed E-state index contributed by atoms with van der Waals surface area (Å²) in [5.41, 5.74) is 0. The first-order valence-corrected chi connectivity index (χ1v) is 7.51. The van der Waals surface area contributed by atoms with Crippen LogP contribution in [0.1, 0.15) is 19.8 Å². The highest BCUT2D eigenvalue weighted by Gasteiger charge is 2.39. The van der Waals surface area contributed by atoms with Crippen LogP contribution in [0.25, 0.3) is 0 Å². The number of hydrogen-bond donors (Lipinski definition) is 0. The third-order valence-electron chi connectivity index (χ3n) is 4.70. The summed E-state index contributed by atoms with van der Waals surface area (Å²) in [4.78, 5) is 17.0. The fraction of sp³-hybridized carbons (Fsp3) is 0.929. The number of morpholine rings is 1. The number of carbonyl (C=O) groups excluding carboxylic acids is 1. The van der Waals surface area contributed by atoms with Crippen molar-refractivity contribution in [1.82, 2.24) is 9.80 Å². The lowest BCUT2D eigenvalue weighted by molar-refractivity contribution is -0.146. The molecule has 3 fully saturated rings. The van der Waals surface area contributed by atoms with Crippen molar-refractivity contribution in [3.8, 4) is 0 Å². The van der Waals surface area contributed by atoms with Crippen LogP contribution in [0, 0.1) is 5.92 Å². The fourth-order valence-electron chi connectivity index (χ4n) is 3.52. The monoisotopic (exact) mass is 268 g/mol. The third-order valence-corrected chi connectivity index (χ3v) is 4.70. The topological polar surface area (TPSA) is 42.0 Å². The van der Waals surface area contributed by atoms with Crippen LogP contribution in [0.5, 0.6) is 0 Å². The molecule has 0 N–H and O–H groups in total. The van der Waals surface area contributed by atoms with Crippen LogP contribution in [0.4, 0.5) is 0 Å². The van der Waals surface area contributed by atoms with E-state index in [-0.39, 0.29) is 11.8 Å². The molecule has 108 valence electrons. The van der Waals surface area contributed by atoms with Gasteiger partial charge in [-0.1, -0.05) is 6.92 Å². The van der Waals surface area contributed by atoms with Crippen molar-refractivity contribution in [2.24, 2.45) is 5.92 Å². The van der Waals surface area contributed by atoms with Crippen molar-refractivity contribution in [2.45, 2.75) is 31.9 Å². The van der Waals surface area contributed by atoms with Gasteiger partial charge < -0.3 is 14.4 Å². The Kier molecular flexibility index (Phi) is 4.05. The first-order valence-electron chi connectivity index (χ1n) is 7.51. The Morgan fingerprint density at radius 2 is 2.16 bits per heavy atom. The van der Waals surface area contributed by atoms with Crippen molar-refractivity contribution in [2.75, 3.05) is 46.0 Å². The molecule has 5 heteroatoms. The van der Waals surface area contributed by atoms with Crippen molar-refractivity contribution in [3.63, 3.8) is 0 Å². The fourth-order valence-corrected chi connectivity index (χ4v) is 3.52. The molecule has 0 saturated carbocycles. The van der Waals surface area contributed by atoms with E-state index in [1.54, 1.807) is 0 Å². The quantitative estimate of drug-likeness (QED) is 0.724. The van der Waals surface area contributed by atoms with E-state index in [1.807, 2.05) is 4.90 Å². The van der Waals surface area contributed by atoms with Gasteiger partial charge in [-0.2, -0.15) is 0 Å². The highest BCUT2D eigenvalue weighted by molar-refractivity contribution is 5.79. The van der Waals surface area contributed by atoms with Crippen LogP contribution < -0.4 is 0 Å². The Bertz CT molecular complexity index is 325. The molecule has 0 bridgehead atoms. The molecule has 1 amide bonds. The van der Waals surface area contributed by atoms with Crippen LogP contribution in [-0.4, -0.2) is 73.9 Å². The molecule has 3 aliphatic heterocycles. The maximum Gasteiger partial charge on any atom is 0.228 e. The minimum Gasteiger partial charge on any atom is -0.381 e. The number of piperidine rings is 1. The summed E-state index contributed by atoms with van der Waals surface area (Å²) in [6, 6.07) is 0.388. The summed E-state index contributed by atoms with van der Waals surface area (Å²) >= 11 is 0. The van der Waals surface area contributed by atoms with Crippen molar-refractivity contribution in [1.29, 1.82) is 0 Å². The number of likely N-dealkylation sites (N-methyl/N-ethyl adjacent to an activating group) is 1. The number of carbonyl (C=O) groups is 1. The number of rotatable bonds is 2. The smallest absolute Gasteiger partial charge is 0.228 e. The van der Waals surface area contributed by atoms with Gasteiger partial charge in [0.25, 0.3) is 0 Å². The Labute approximate surface area is 114 Å². The van der Waals surface area contributed by atoms with Gasteiger partial charge in [-0.15, -0.1) is 0 Å². The van der Waals surface area contributed by atoms with Gasteiger partial charge in [0.15, 0.2) is 0 Å². The average Bonchev–Trinajstić information content (AvgIpc) is 2.99. The van der Waals surface area contributed by atoms with E-state index in [0.717, 1.165) is 52.2 Å². The largest absolute Gasteiger partial charge is 0.381 e. The zero-order chi connectivity index (χ0) is 13.2. The molecule has 3 saturated heterocycles. The Morgan fingerprint density at radius 1 is 1.26 bits per heavy atom. The summed E-state index contributed by atoms with van der Waals surface area (Å²) in [7, 11) is 0. The van der Waals surface area contributed by atoms with E-state index in [4.69, 9.17) is 9.47 Å². The van der Waals surface area contributed by atoms with Gasteiger partial charge >= 0.3 is 0 Å². The molecule has 0 aromatic rings. The molecule has 19 heavy (non-hydrogen) atoms. The summed E-state index contributed by atoms with van der Waals surface area (Å²) in [5.74, 6) is 0.383. The zero-order valence-corrected chi connectivity index (χ0v) is 11.7. The number of amides is 1. The van der Waals surface area contributed by atoms with Crippen LogP contribution >= 0.6 is 0 Å². The molecule has 0 radical (unpaired) electrons. The first kappa shape index (κ1) is 13.3. The lowest BCUT2D eigenvalue weighted by Crippen LogP contribution is -2.61. The van der Waals surface area contributed by atoms with Gasteiger partial charge in [-0.25, -0.2) is 0 Å². The lowest BCUT2D eigenvalue weighted by Gasteiger charge is -2.47. The number of hydrogen-bond acceptors (Lipinski definition) is 4. The lowest BCUT2D eigenvalue weighted by atomic mass is 9.97. The minimum atomic E-state index is 0.0936. The maximum atomic E-state index is 12.5. The minimum absolute atomic E-state index is 0.0936. The second-order valence-electron chi connectivity index (χ2n) is 5.74. The predicted molar refractivity (Wildman–Crippen MR) is 70.9 cm³/mol. The van der Waals surface area contributed by atoms with Crippen molar-refractivity contribution >= 4 is 5.91 Å². The molecule has 0 aromatic carbocycles. The Balaban J connectivity index is 1.64. The molecule has 3 heterocycles. The Morgan fingerprint density at radius 3 is 2.89 bits per heavy atom. The van der Waals surface area contributed by atoms with E-state index in [1.165, 1.54) is 0 Å². The van der Waals surface area contributed by atoms with Crippen LogP contribution in [0.2, 0.25) is 0 Å². The first-order chi connectivity index (χ1) is 9.29. The summed E-state index contributed by atoms with van der Waals surface area (Å²) in [5, 5.41) is 0. The van der Waals surface area contributed by atoms with Gasteiger partial charge in [-0.3, -0.25) is 9.69 Å². The molecule has 3 atom stereocenters.